The Balaban J connectivity index is 1.45. The number of allylic oxidation sites excluding steroid dienone is 1. The number of rotatable bonds is 4. The molecule has 0 bridgehead atoms. The Morgan fingerprint density at radius 2 is 1.87 bits per heavy atom. The summed E-state index contributed by atoms with van der Waals surface area (Å²) in [5, 5.41) is 10.6. The van der Waals surface area contributed by atoms with Crippen molar-refractivity contribution in [1.29, 1.82) is 0 Å². The standard InChI is InChI=1S/C24H35F3O3/c1-21(29)10-11-23(3)15(12-21)4-6-17-18-7-5-16(22(18,2)9-8-19(17)23)13-30-14-20(28)24(25,26)27/h4,16-19,29H,5-14H2,1-3H3/t16-,17?,18?,19?,21+,22?,23+/m1/s1. The van der Waals surface area contributed by atoms with Gasteiger partial charge in [0.2, 0.25) is 0 Å². The number of ether oxygens (including phenoxy) is 1. The Morgan fingerprint density at radius 3 is 2.57 bits per heavy atom. The second kappa shape index (κ2) is 7.33. The highest BCUT2D eigenvalue weighted by Gasteiger charge is 2.59. The van der Waals surface area contributed by atoms with Gasteiger partial charge < -0.3 is 9.84 Å². The topological polar surface area (TPSA) is 46.5 Å². The van der Waals surface area contributed by atoms with E-state index >= 15 is 0 Å². The lowest BCUT2D eigenvalue weighted by molar-refractivity contribution is -0.176. The van der Waals surface area contributed by atoms with E-state index in [1.807, 2.05) is 6.92 Å². The van der Waals surface area contributed by atoms with E-state index in [1.165, 1.54) is 5.57 Å². The van der Waals surface area contributed by atoms with E-state index in [4.69, 9.17) is 4.74 Å². The van der Waals surface area contributed by atoms with Gasteiger partial charge in [0.05, 0.1) is 12.2 Å². The molecule has 1 N–H and O–H groups in total. The van der Waals surface area contributed by atoms with Crippen LogP contribution in [0.4, 0.5) is 13.2 Å². The minimum absolute atomic E-state index is 0.0737. The first kappa shape index (κ1) is 22.3. The number of aliphatic hydroxyl groups is 1. The molecule has 3 fully saturated rings. The predicted octanol–water partition coefficient (Wildman–Crippen LogP) is 5.46. The summed E-state index contributed by atoms with van der Waals surface area (Å²) in [6.45, 7) is 6.02. The zero-order valence-electron chi connectivity index (χ0n) is 18.4. The van der Waals surface area contributed by atoms with Gasteiger partial charge in [-0.2, -0.15) is 13.2 Å². The van der Waals surface area contributed by atoms with E-state index in [9.17, 15) is 23.1 Å². The van der Waals surface area contributed by atoms with Crippen LogP contribution < -0.4 is 0 Å². The fourth-order valence-electron chi connectivity index (χ4n) is 7.56. The Labute approximate surface area is 177 Å². The van der Waals surface area contributed by atoms with Gasteiger partial charge in [0.15, 0.2) is 0 Å². The van der Waals surface area contributed by atoms with Crippen LogP contribution in [0.5, 0.6) is 0 Å². The molecule has 0 aromatic carbocycles. The maximum absolute atomic E-state index is 12.4. The number of halogens is 3. The van der Waals surface area contributed by atoms with Crippen LogP contribution in [-0.2, 0) is 9.53 Å². The molecule has 0 radical (unpaired) electrons. The quantitative estimate of drug-likeness (QED) is 0.605. The second-order valence-corrected chi connectivity index (χ2v) is 11.2. The van der Waals surface area contributed by atoms with E-state index in [-0.39, 0.29) is 23.4 Å². The molecule has 3 saturated carbocycles. The van der Waals surface area contributed by atoms with Gasteiger partial charge >= 0.3 is 6.18 Å². The molecule has 0 heterocycles. The fraction of sp³-hybridized carbons (Fsp3) is 0.875. The van der Waals surface area contributed by atoms with Crippen molar-refractivity contribution in [2.75, 3.05) is 13.2 Å². The molecule has 30 heavy (non-hydrogen) atoms. The Hall–Kier alpha value is -0.880. The zero-order valence-corrected chi connectivity index (χ0v) is 18.4. The Bertz CT molecular complexity index is 728. The molecule has 4 aliphatic carbocycles. The molecule has 4 rings (SSSR count). The van der Waals surface area contributed by atoms with E-state index < -0.39 is 24.2 Å². The molecule has 6 heteroatoms. The minimum Gasteiger partial charge on any atom is -0.390 e. The first-order valence-corrected chi connectivity index (χ1v) is 11.5. The highest BCUT2D eigenvalue weighted by atomic mass is 19.4. The molecule has 0 spiro atoms. The molecule has 4 unspecified atom stereocenters. The van der Waals surface area contributed by atoms with Crippen LogP contribution in [0, 0.1) is 34.5 Å². The van der Waals surface area contributed by atoms with Crippen molar-refractivity contribution in [3.05, 3.63) is 11.6 Å². The van der Waals surface area contributed by atoms with Crippen LogP contribution in [0.25, 0.3) is 0 Å². The second-order valence-electron chi connectivity index (χ2n) is 11.2. The lowest BCUT2D eigenvalue weighted by atomic mass is 9.47. The van der Waals surface area contributed by atoms with Crippen LogP contribution in [0.15, 0.2) is 11.6 Å². The average Bonchev–Trinajstić information content (AvgIpc) is 2.98. The summed E-state index contributed by atoms with van der Waals surface area (Å²) in [5.74, 6) is 0.201. The van der Waals surface area contributed by atoms with Crippen molar-refractivity contribution in [2.45, 2.75) is 83.9 Å². The Kier molecular flexibility index (Phi) is 5.45. The number of ketones is 1. The van der Waals surface area contributed by atoms with E-state index in [0.29, 0.717) is 17.8 Å². The summed E-state index contributed by atoms with van der Waals surface area (Å²) in [6, 6.07) is 0. The number of alkyl halides is 3. The van der Waals surface area contributed by atoms with Crippen molar-refractivity contribution in [1.82, 2.24) is 0 Å². The molecule has 3 nitrogen and oxygen atoms in total. The number of carbonyl (C=O) groups is 1. The van der Waals surface area contributed by atoms with Crippen LogP contribution >= 0.6 is 0 Å². The van der Waals surface area contributed by atoms with Crippen molar-refractivity contribution in [3.8, 4) is 0 Å². The zero-order chi connectivity index (χ0) is 21.9. The van der Waals surface area contributed by atoms with Gasteiger partial charge in [-0.05, 0) is 92.8 Å². The number of carbonyl (C=O) groups excluding carboxylic acids is 1. The number of Topliss-reactive ketones (excluding diaryl/α,β-unsaturated/α-hetero) is 1. The van der Waals surface area contributed by atoms with Gasteiger partial charge in [-0.25, -0.2) is 0 Å². The molecule has 170 valence electrons. The summed E-state index contributed by atoms with van der Waals surface area (Å²) in [6.07, 6.45) is 5.54. The molecule has 0 aromatic rings. The van der Waals surface area contributed by atoms with Gasteiger partial charge in [-0.3, -0.25) is 4.79 Å². The van der Waals surface area contributed by atoms with Crippen molar-refractivity contribution < 1.29 is 27.8 Å². The summed E-state index contributed by atoms with van der Waals surface area (Å²) in [7, 11) is 0. The van der Waals surface area contributed by atoms with Crippen LogP contribution in [-0.4, -0.2) is 35.9 Å². The normalized spacial score (nSPS) is 45.9. The van der Waals surface area contributed by atoms with Gasteiger partial charge in [0, 0.05) is 0 Å². The Morgan fingerprint density at radius 1 is 1.13 bits per heavy atom. The number of hydrogen-bond donors (Lipinski definition) is 1. The molecular weight excluding hydrogens is 393 g/mol. The van der Waals surface area contributed by atoms with Crippen LogP contribution in [0.3, 0.4) is 0 Å². The fourth-order valence-corrected chi connectivity index (χ4v) is 7.56. The third-order valence-electron chi connectivity index (χ3n) is 9.44. The monoisotopic (exact) mass is 428 g/mol. The minimum atomic E-state index is -4.81. The largest absolute Gasteiger partial charge is 0.452 e. The molecule has 0 amide bonds. The highest BCUT2D eigenvalue weighted by Crippen LogP contribution is 2.66. The average molecular weight is 429 g/mol. The molecule has 0 aliphatic heterocycles. The number of hydrogen-bond acceptors (Lipinski definition) is 3. The SMILES string of the molecule is CC12CCC3C(CC=C4C[C@@](C)(O)CC[C@@]43C)C1CC[C@@H]2COCC(=O)C(F)(F)F. The van der Waals surface area contributed by atoms with Crippen molar-refractivity contribution in [3.63, 3.8) is 0 Å². The third kappa shape index (κ3) is 3.66. The summed E-state index contributed by atoms with van der Waals surface area (Å²) in [5.41, 5.74) is 1.09. The first-order chi connectivity index (χ1) is 13.9. The third-order valence-corrected chi connectivity index (χ3v) is 9.44. The van der Waals surface area contributed by atoms with Crippen LogP contribution in [0.1, 0.15) is 72.1 Å². The molecule has 4 aliphatic rings. The summed E-state index contributed by atoms with van der Waals surface area (Å²) in [4.78, 5) is 11.1. The van der Waals surface area contributed by atoms with E-state index in [2.05, 4.69) is 19.9 Å². The van der Waals surface area contributed by atoms with Gasteiger partial charge in [-0.1, -0.05) is 25.5 Å². The predicted molar refractivity (Wildman–Crippen MR) is 108 cm³/mol. The highest BCUT2D eigenvalue weighted by molar-refractivity contribution is 5.85. The van der Waals surface area contributed by atoms with Crippen molar-refractivity contribution in [2.24, 2.45) is 34.5 Å². The lowest BCUT2D eigenvalue weighted by Gasteiger charge is -2.58. The smallest absolute Gasteiger partial charge is 0.390 e. The van der Waals surface area contributed by atoms with Crippen molar-refractivity contribution >= 4 is 5.78 Å². The lowest BCUT2D eigenvalue weighted by Crippen LogP contribution is -2.52. The molecule has 0 saturated heterocycles. The summed E-state index contributed by atoms with van der Waals surface area (Å²) >= 11 is 0. The molecular formula is C24H35F3O3. The van der Waals surface area contributed by atoms with Gasteiger partial charge in [-0.15, -0.1) is 0 Å². The van der Waals surface area contributed by atoms with E-state index in [1.54, 1.807) is 0 Å². The van der Waals surface area contributed by atoms with Gasteiger partial charge in [0.25, 0.3) is 5.78 Å². The first-order valence-electron chi connectivity index (χ1n) is 11.5. The number of fused-ring (bicyclic) bond motifs is 5. The van der Waals surface area contributed by atoms with Crippen LogP contribution in [0.2, 0.25) is 0 Å². The van der Waals surface area contributed by atoms with Gasteiger partial charge in [0.1, 0.15) is 6.61 Å². The molecule has 0 aromatic heterocycles. The molecule has 7 atom stereocenters. The maximum atomic E-state index is 12.4. The summed E-state index contributed by atoms with van der Waals surface area (Å²) < 4.78 is 42.6. The maximum Gasteiger partial charge on any atom is 0.452 e. The van der Waals surface area contributed by atoms with E-state index in [0.717, 1.165) is 51.4 Å².